The summed E-state index contributed by atoms with van der Waals surface area (Å²) in [5.74, 6) is -1.37. The number of benzene rings is 2. The molecule has 0 bridgehead atoms. The first-order chi connectivity index (χ1) is 9.68. The molecule has 2 aromatic carbocycles. The van der Waals surface area contributed by atoms with Crippen molar-refractivity contribution in [3.05, 3.63) is 60.2 Å². The lowest BCUT2D eigenvalue weighted by atomic mass is 9.95. The lowest BCUT2D eigenvalue weighted by Gasteiger charge is -2.09. The van der Waals surface area contributed by atoms with E-state index in [0.29, 0.717) is 0 Å². The number of aliphatic carboxylic acids is 1. The van der Waals surface area contributed by atoms with Gasteiger partial charge in [-0.15, -0.1) is 0 Å². The lowest BCUT2D eigenvalue weighted by molar-refractivity contribution is -0.138. The topological polar surface area (TPSA) is 53.1 Å². The maximum absolute atomic E-state index is 11.4. The predicted molar refractivity (Wildman–Crippen MR) is 79.8 cm³/mol. The maximum atomic E-state index is 11.4. The number of carboxylic acids is 1. The van der Waals surface area contributed by atoms with Crippen LogP contribution >= 0.6 is 0 Å². The van der Waals surface area contributed by atoms with Gasteiger partial charge < -0.3 is 10.1 Å². The van der Waals surface area contributed by atoms with Crippen LogP contribution in [0.3, 0.4) is 0 Å². The minimum absolute atomic E-state index is 0.554. The van der Waals surface area contributed by atoms with Crippen LogP contribution in [0.4, 0.5) is 0 Å². The van der Waals surface area contributed by atoms with Crippen LogP contribution < -0.4 is 0 Å². The molecule has 0 aliphatic rings. The molecule has 0 aliphatic heterocycles. The Labute approximate surface area is 116 Å². The summed E-state index contributed by atoms with van der Waals surface area (Å²) in [5.41, 5.74) is 3.71. The van der Waals surface area contributed by atoms with E-state index in [1.54, 1.807) is 6.92 Å². The molecule has 1 aromatic heterocycles. The second-order valence-electron chi connectivity index (χ2n) is 4.89. The first-order valence-electron chi connectivity index (χ1n) is 6.57. The van der Waals surface area contributed by atoms with Crippen LogP contribution in [0.25, 0.3) is 22.2 Å². The van der Waals surface area contributed by atoms with Gasteiger partial charge in [-0.05, 0) is 24.1 Å². The second-order valence-corrected chi connectivity index (χ2v) is 4.89. The average Bonchev–Trinajstić information content (AvgIpc) is 2.86. The van der Waals surface area contributed by atoms with Crippen LogP contribution in [0.5, 0.6) is 0 Å². The second kappa shape index (κ2) is 4.85. The Morgan fingerprint density at radius 2 is 1.70 bits per heavy atom. The monoisotopic (exact) mass is 265 g/mol. The molecular weight excluding hydrogens is 250 g/mol. The summed E-state index contributed by atoms with van der Waals surface area (Å²) in [4.78, 5) is 14.8. The van der Waals surface area contributed by atoms with Gasteiger partial charge in [0.1, 0.15) is 0 Å². The van der Waals surface area contributed by atoms with E-state index in [-0.39, 0.29) is 0 Å². The predicted octanol–water partition coefficient (Wildman–Crippen LogP) is 4.02. The molecule has 0 radical (unpaired) electrons. The standard InChI is InChI=1S/C17H15NO2/c1-11(17(19)20)15-13-9-5-6-10-14(13)18-16(15)12-7-3-2-4-8-12/h2-11,18H,1H3,(H,19,20). The highest BCUT2D eigenvalue weighted by Crippen LogP contribution is 2.35. The Morgan fingerprint density at radius 1 is 1.05 bits per heavy atom. The van der Waals surface area contributed by atoms with Crippen molar-refractivity contribution in [2.45, 2.75) is 12.8 Å². The number of fused-ring (bicyclic) bond motifs is 1. The van der Waals surface area contributed by atoms with Crippen molar-refractivity contribution >= 4 is 16.9 Å². The molecule has 1 atom stereocenters. The van der Waals surface area contributed by atoms with E-state index in [2.05, 4.69) is 4.98 Å². The number of hydrogen-bond acceptors (Lipinski definition) is 1. The molecule has 0 amide bonds. The van der Waals surface area contributed by atoms with Crippen molar-refractivity contribution in [2.75, 3.05) is 0 Å². The normalized spacial score (nSPS) is 12.4. The molecule has 0 spiro atoms. The number of nitrogens with one attached hydrogen (secondary N) is 1. The average molecular weight is 265 g/mol. The number of H-pyrrole nitrogens is 1. The summed E-state index contributed by atoms with van der Waals surface area (Å²) < 4.78 is 0. The number of carbonyl (C=O) groups is 1. The zero-order valence-electron chi connectivity index (χ0n) is 11.1. The third kappa shape index (κ3) is 1.97. The zero-order valence-corrected chi connectivity index (χ0v) is 11.1. The van der Waals surface area contributed by atoms with Crippen molar-refractivity contribution in [3.8, 4) is 11.3 Å². The molecule has 100 valence electrons. The van der Waals surface area contributed by atoms with Gasteiger partial charge in [0.25, 0.3) is 0 Å². The third-order valence-electron chi connectivity index (χ3n) is 3.61. The molecule has 1 heterocycles. The Hall–Kier alpha value is -2.55. The van der Waals surface area contributed by atoms with Crippen molar-refractivity contribution in [3.63, 3.8) is 0 Å². The van der Waals surface area contributed by atoms with Gasteiger partial charge in [-0.25, -0.2) is 0 Å². The number of para-hydroxylation sites is 1. The van der Waals surface area contributed by atoms with Crippen molar-refractivity contribution in [1.29, 1.82) is 0 Å². The summed E-state index contributed by atoms with van der Waals surface area (Å²) in [6, 6.07) is 17.7. The van der Waals surface area contributed by atoms with Gasteiger partial charge in [0.15, 0.2) is 0 Å². The summed E-state index contributed by atoms with van der Waals surface area (Å²) in [6.07, 6.45) is 0. The fourth-order valence-electron chi connectivity index (χ4n) is 2.57. The summed E-state index contributed by atoms with van der Waals surface area (Å²) >= 11 is 0. The Morgan fingerprint density at radius 3 is 2.40 bits per heavy atom. The van der Waals surface area contributed by atoms with Crippen molar-refractivity contribution < 1.29 is 9.90 Å². The smallest absolute Gasteiger partial charge is 0.310 e. The summed E-state index contributed by atoms with van der Waals surface area (Å²) in [5, 5.41) is 10.3. The number of aromatic amines is 1. The molecule has 0 saturated carbocycles. The fourth-order valence-corrected chi connectivity index (χ4v) is 2.57. The van der Waals surface area contributed by atoms with Crippen LogP contribution in [0.15, 0.2) is 54.6 Å². The maximum Gasteiger partial charge on any atom is 0.310 e. The Bertz CT molecular complexity index is 759. The highest BCUT2D eigenvalue weighted by Gasteiger charge is 2.22. The van der Waals surface area contributed by atoms with Crippen LogP contribution in [-0.4, -0.2) is 16.1 Å². The number of hydrogen-bond donors (Lipinski definition) is 2. The summed E-state index contributed by atoms with van der Waals surface area (Å²) in [6.45, 7) is 1.73. The highest BCUT2D eigenvalue weighted by molar-refractivity contribution is 5.95. The van der Waals surface area contributed by atoms with Gasteiger partial charge in [0.05, 0.1) is 11.6 Å². The van der Waals surface area contributed by atoms with Crippen LogP contribution in [0.1, 0.15) is 18.4 Å². The molecule has 20 heavy (non-hydrogen) atoms. The zero-order chi connectivity index (χ0) is 14.1. The quantitative estimate of drug-likeness (QED) is 0.751. The van der Waals surface area contributed by atoms with Crippen molar-refractivity contribution in [2.24, 2.45) is 0 Å². The van der Waals surface area contributed by atoms with E-state index in [1.165, 1.54) is 0 Å². The minimum atomic E-state index is -0.813. The fraction of sp³-hybridized carbons (Fsp3) is 0.118. The van der Waals surface area contributed by atoms with Gasteiger partial charge in [0, 0.05) is 10.9 Å². The lowest BCUT2D eigenvalue weighted by Crippen LogP contribution is -2.08. The Kier molecular flexibility index (Phi) is 3.03. The van der Waals surface area contributed by atoms with E-state index < -0.39 is 11.9 Å². The SMILES string of the molecule is CC(C(=O)O)c1c(-c2ccccc2)[nH]c2ccccc12. The number of aromatic nitrogens is 1. The molecule has 3 heteroatoms. The molecule has 3 rings (SSSR count). The number of carboxylic acid groups (broad SMARTS) is 1. The van der Waals surface area contributed by atoms with E-state index in [4.69, 9.17) is 0 Å². The first-order valence-corrected chi connectivity index (χ1v) is 6.57. The van der Waals surface area contributed by atoms with Gasteiger partial charge in [-0.2, -0.15) is 0 Å². The molecule has 0 fully saturated rings. The van der Waals surface area contributed by atoms with E-state index in [9.17, 15) is 9.90 Å². The molecule has 0 saturated heterocycles. The van der Waals surface area contributed by atoms with Gasteiger partial charge in [-0.3, -0.25) is 4.79 Å². The molecule has 3 aromatic rings. The summed E-state index contributed by atoms with van der Waals surface area (Å²) in [7, 11) is 0. The first kappa shape index (κ1) is 12.5. The molecule has 2 N–H and O–H groups in total. The van der Waals surface area contributed by atoms with Gasteiger partial charge in [-0.1, -0.05) is 48.5 Å². The Balaban J connectivity index is 2.31. The largest absolute Gasteiger partial charge is 0.481 e. The van der Waals surface area contributed by atoms with Gasteiger partial charge in [0.2, 0.25) is 0 Å². The molecule has 0 aliphatic carbocycles. The number of rotatable bonds is 3. The van der Waals surface area contributed by atoms with E-state index in [1.807, 2.05) is 54.6 Å². The third-order valence-corrected chi connectivity index (χ3v) is 3.61. The van der Waals surface area contributed by atoms with Crippen LogP contribution in [0, 0.1) is 0 Å². The van der Waals surface area contributed by atoms with Crippen molar-refractivity contribution in [1.82, 2.24) is 4.98 Å². The van der Waals surface area contributed by atoms with Crippen LogP contribution in [0.2, 0.25) is 0 Å². The minimum Gasteiger partial charge on any atom is -0.481 e. The molecule has 1 unspecified atom stereocenters. The van der Waals surface area contributed by atoms with Crippen LogP contribution in [-0.2, 0) is 4.79 Å². The van der Waals surface area contributed by atoms with E-state index in [0.717, 1.165) is 27.7 Å². The molecule has 3 nitrogen and oxygen atoms in total. The molecular formula is C17H15NO2. The highest BCUT2D eigenvalue weighted by atomic mass is 16.4. The van der Waals surface area contributed by atoms with Gasteiger partial charge >= 0.3 is 5.97 Å². The van der Waals surface area contributed by atoms with E-state index >= 15 is 0 Å².